The summed E-state index contributed by atoms with van der Waals surface area (Å²) < 4.78 is 11.1. The van der Waals surface area contributed by atoms with Crippen LogP contribution in [0.1, 0.15) is 38.7 Å². The van der Waals surface area contributed by atoms with Crippen molar-refractivity contribution in [1.29, 1.82) is 0 Å². The number of ether oxygens (including phenoxy) is 2. The van der Waals surface area contributed by atoms with Gasteiger partial charge in [-0.1, -0.05) is 31.9 Å². The Hall–Kier alpha value is -1.22. The van der Waals surface area contributed by atoms with Crippen LogP contribution in [0.5, 0.6) is 11.5 Å². The van der Waals surface area contributed by atoms with Crippen molar-refractivity contribution >= 4 is 0 Å². The van der Waals surface area contributed by atoms with E-state index >= 15 is 0 Å². The van der Waals surface area contributed by atoms with Gasteiger partial charge in [-0.05, 0) is 37.8 Å². The molecule has 0 spiro atoms. The Morgan fingerprint density at radius 1 is 1.30 bits per heavy atom. The predicted molar refractivity (Wildman–Crippen MR) is 82.4 cm³/mol. The third-order valence-corrected chi connectivity index (χ3v) is 4.33. The van der Waals surface area contributed by atoms with Gasteiger partial charge in [0.1, 0.15) is 0 Å². The number of rotatable bonds is 7. The number of hydrogen-bond donors (Lipinski definition) is 1. The standard InChI is InChI=1S/C17H27NO2/c1-4-20-16-10-6-9-15(17(16)19-3)12-18-11-14-8-5-7-13(14)2/h6,9-10,13-14,18H,4-5,7-8,11-12H2,1-3H3. The SMILES string of the molecule is CCOc1cccc(CNCC2CCCC2C)c1OC. The van der Waals surface area contributed by atoms with E-state index in [-0.39, 0.29) is 0 Å². The smallest absolute Gasteiger partial charge is 0.165 e. The predicted octanol–water partition coefficient (Wildman–Crippen LogP) is 3.62. The van der Waals surface area contributed by atoms with Crippen LogP contribution >= 0.6 is 0 Å². The van der Waals surface area contributed by atoms with Gasteiger partial charge >= 0.3 is 0 Å². The van der Waals surface area contributed by atoms with Crippen LogP contribution in [0.25, 0.3) is 0 Å². The molecule has 0 saturated heterocycles. The van der Waals surface area contributed by atoms with E-state index in [2.05, 4.69) is 18.3 Å². The number of nitrogens with one attached hydrogen (secondary N) is 1. The Labute approximate surface area is 122 Å². The Kier molecular flexibility index (Phi) is 5.72. The molecule has 2 atom stereocenters. The van der Waals surface area contributed by atoms with Crippen LogP contribution < -0.4 is 14.8 Å². The molecule has 1 aromatic rings. The largest absolute Gasteiger partial charge is 0.493 e. The van der Waals surface area contributed by atoms with E-state index in [4.69, 9.17) is 9.47 Å². The van der Waals surface area contributed by atoms with Gasteiger partial charge < -0.3 is 14.8 Å². The zero-order valence-corrected chi connectivity index (χ0v) is 12.9. The van der Waals surface area contributed by atoms with Crippen molar-refractivity contribution in [2.75, 3.05) is 20.3 Å². The first-order valence-corrected chi connectivity index (χ1v) is 7.75. The number of hydrogen-bond acceptors (Lipinski definition) is 3. The molecule has 0 radical (unpaired) electrons. The van der Waals surface area contributed by atoms with Crippen molar-refractivity contribution in [3.05, 3.63) is 23.8 Å². The summed E-state index contributed by atoms with van der Waals surface area (Å²) >= 11 is 0. The molecular formula is C17H27NO2. The Balaban J connectivity index is 1.93. The lowest BCUT2D eigenvalue weighted by Crippen LogP contribution is -2.24. The van der Waals surface area contributed by atoms with Gasteiger partial charge in [-0.15, -0.1) is 0 Å². The van der Waals surface area contributed by atoms with Crippen LogP contribution in [0, 0.1) is 11.8 Å². The lowest BCUT2D eigenvalue weighted by Gasteiger charge is -2.18. The third kappa shape index (κ3) is 3.66. The molecule has 0 bridgehead atoms. The molecule has 0 aliphatic heterocycles. The number of methoxy groups -OCH3 is 1. The zero-order chi connectivity index (χ0) is 14.4. The summed E-state index contributed by atoms with van der Waals surface area (Å²) in [6.45, 7) is 6.96. The molecule has 1 aliphatic carbocycles. The van der Waals surface area contributed by atoms with Crippen LogP contribution in [0.4, 0.5) is 0 Å². The molecule has 1 saturated carbocycles. The second-order valence-corrected chi connectivity index (χ2v) is 5.68. The van der Waals surface area contributed by atoms with Gasteiger partial charge in [-0.2, -0.15) is 0 Å². The molecule has 1 aliphatic rings. The van der Waals surface area contributed by atoms with E-state index < -0.39 is 0 Å². The molecule has 3 heteroatoms. The van der Waals surface area contributed by atoms with Gasteiger partial charge in [0.15, 0.2) is 11.5 Å². The average Bonchev–Trinajstić information content (AvgIpc) is 2.85. The van der Waals surface area contributed by atoms with Crippen molar-refractivity contribution in [1.82, 2.24) is 5.32 Å². The molecule has 0 amide bonds. The molecule has 3 nitrogen and oxygen atoms in total. The quantitative estimate of drug-likeness (QED) is 0.825. The maximum Gasteiger partial charge on any atom is 0.165 e. The highest BCUT2D eigenvalue weighted by Crippen LogP contribution is 2.32. The van der Waals surface area contributed by atoms with E-state index in [0.29, 0.717) is 6.61 Å². The van der Waals surface area contributed by atoms with Crippen molar-refractivity contribution in [3.63, 3.8) is 0 Å². The van der Waals surface area contributed by atoms with E-state index in [9.17, 15) is 0 Å². The van der Waals surface area contributed by atoms with Gasteiger partial charge in [-0.25, -0.2) is 0 Å². The topological polar surface area (TPSA) is 30.5 Å². The molecule has 112 valence electrons. The fourth-order valence-corrected chi connectivity index (χ4v) is 3.12. The number of para-hydroxylation sites is 1. The molecule has 1 N–H and O–H groups in total. The monoisotopic (exact) mass is 277 g/mol. The second-order valence-electron chi connectivity index (χ2n) is 5.68. The Morgan fingerprint density at radius 2 is 2.15 bits per heavy atom. The summed E-state index contributed by atoms with van der Waals surface area (Å²) in [7, 11) is 1.71. The highest BCUT2D eigenvalue weighted by Gasteiger charge is 2.22. The highest BCUT2D eigenvalue weighted by molar-refractivity contribution is 5.46. The first kappa shape index (κ1) is 15.2. The Morgan fingerprint density at radius 3 is 2.80 bits per heavy atom. The summed E-state index contributed by atoms with van der Waals surface area (Å²) in [5.41, 5.74) is 1.17. The van der Waals surface area contributed by atoms with Gasteiger partial charge in [-0.3, -0.25) is 0 Å². The van der Waals surface area contributed by atoms with Crippen molar-refractivity contribution in [2.45, 2.75) is 39.7 Å². The van der Waals surface area contributed by atoms with Gasteiger partial charge in [0.05, 0.1) is 13.7 Å². The first-order valence-electron chi connectivity index (χ1n) is 7.75. The van der Waals surface area contributed by atoms with Crippen LogP contribution in [0.15, 0.2) is 18.2 Å². The van der Waals surface area contributed by atoms with Crippen LogP contribution in [-0.2, 0) is 6.54 Å². The lowest BCUT2D eigenvalue weighted by molar-refractivity contribution is 0.308. The summed E-state index contributed by atoms with van der Waals surface area (Å²) in [4.78, 5) is 0. The van der Waals surface area contributed by atoms with E-state index in [1.54, 1.807) is 7.11 Å². The first-order chi connectivity index (χ1) is 9.76. The molecule has 0 heterocycles. The fourth-order valence-electron chi connectivity index (χ4n) is 3.12. The molecule has 20 heavy (non-hydrogen) atoms. The van der Waals surface area contributed by atoms with Crippen LogP contribution in [0.3, 0.4) is 0 Å². The fraction of sp³-hybridized carbons (Fsp3) is 0.647. The Bertz CT molecular complexity index is 419. The second kappa shape index (κ2) is 7.53. The van der Waals surface area contributed by atoms with Crippen molar-refractivity contribution in [2.24, 2.45) is 11.8 Å². The lowest BCUT2D eigenvalue weighted by atomic mass is 9.98. The molecule has 1 fully saturated rings. The molecular weight excluding hydrogens is 250 g/mol. The minimum atomic E-state index is 0.660. The summed E-state index contributed by atoms with van der Waals surface area (Å²) in [5, 5.41) is 3.58. The van der Waals surface area contributed by atoms with Crippen molar-refractivity contribution in [3.8, 4) is 11.5 Å². The van der Waals surface area contributed by atoms with Gasteiger partial charge in [0.2, 0.25) is 0 Å². The summed E-state index contributed by atoms with van der Waals surface area (Å²) in [6, 6.07) is 6.10. The molecule has 0 aromatic heterocycles. The maximum atomic E-state index is 5.61. The van der Waals surface area contributed by atoms with E-state index in [1.165, 1.54) is 24.8 Å². The highest BCUT2D eigenvalue weighted by atomic mass is 16.5. The number of benzene rings is 1. The summed E-state index contributed by atoms with van der Waals surface area (Å²) in [5.74, 6) is 3.39. The minimum Gasteiger partial charge on any atom is -0.493 e. The van der Waals surface area contributed by atoms with Crippen LogP contribution in [0.2, 0.25) is 0 Å². The summed E-state index contributed by atoms with van der Waals surface area (Å²) in [6.07, 6.45) is 4.14. The zero-order valence-electron chi connectivity index (χ0n) is 12.9. The minimum absolute atomic E-state index is 0.660. The van der Waals surface area contributed by atoms with E-state index in [1.807, 2.05) is 19.1 Å². The molecule has 2 rings (SSSR count). The van der Waals surface area contributed by atoms with Gasteiger partial charge in [0.25, 0.3) is 0 Å². The van der Waals surface area contributed by atoms with E-state index in [0.717, 1.165) is 36.4 Å². The third-order valence-electron chi connectivity index (χ3n) is 4.33. The van der Waals surface area contributed by atoms with Crippen LogP contribution in [-0.4, -0.2) is 20.3 Å². The normalized spacial score (nSPS) is 21.9. The van der Waals surface area contributed by atoms with Gasteiger partial charge in [0, 0.05) is 12.1 Å². The molecule has 1 aromatic carbocycles. The maximum absolute atomic E-state index is 5.61. The van der Waals surface area contributed by atoms with Crippen molar-refractivity contribution < 1.29 is 9.47 Å². The molecule has 2 unspecified atom stereocenters. The average molecular weight is 277 g/mol.